The van der Waals surface area contributed by atoms with E-state index in [1.807, 2.05) is 6.07 Å². The average molecular weight is 354 g/mol. The van der Waals surface area contributed by atoms with Gasteiger partial charge in [-0.15, -0.1) is 0 Å². The van der Waals surface area contributed by atoms with Crippen molar-refractivity contribution in [2.45, 2.75) is 6.61 Å². The zero-order valence-electron chi connectivity index (χ0n) is 14.8. The van der Waals surface area contributed by atoms with Gasteiger partial charge in [-0.3, -0.25) is 4.79 Å². The number of benzene rings is 2. The highest BCUT2D eigenvalue weighted by Crippen LogP contribution is 2.29. The summed E-state index contributed by atoms with van der Waals surface area (Å²) in [5, 5.41) is 9.17. The molecule has 2 aromatic rings. The molecule has 0 N–H and O–H groups in total. The number of methoxy groups -OCH3 is 1. The van der Waals surface area contributed by atoms with Crippen LogP contribution in [0.3, 0.4) is 0 Å². The van der Waals surface area contributed by atoms with Crippen molar-refractivity contribution in [3.63, 3.8) is 0 Å². The quantitative estimate of drug-likeness (QED) is 0.589. The van der Waals surface area contributed by atoms with Crippen LogP contribution in [-0.4, -0.2) is 32.0 Å². The summed E-state index contributed by atoms with van der Waals surface area (Å²) in [5.74, 6) is 0.224. The third-order valence-corrected chi connectivity index (χ3v) is 3.54. The molecule has 2 aromatic carbocycles. The molecule has 0 fully saturated rings. The van der Waals surface area contributed by atoms with Crippen LogP contribution in [0.15, 0.2) is 48.0 Å². The minimum atomic E-state index is -0.377. The molecular weight excluding hydrogens is 335 g/mol. The van der Waals surface area contributed by atoms with Crippen LogP contribution >= 0.6 is 0 Å². The summed E-state index contributed by atoms with van der Waals surface area (Å²) in [6, 6.07) is 13.1. The Morgan fingerprint density at radius 2 is 2.00 bits per heavy atom. The Morgan fingerprint density at radius 3 is 2.62 bits per heavy atom. The lowest BCUT2D eigenvalue weighted by molar-refractivity contribution is -0.124. The van der Waals surface area contributed by atoms with Gasteiger partial charge in [-0.05, 0) is 41.5 Å². The van der Waals surface area contributed by atoms with Gasteiger partial charge in [0.25, 0.3) is 5.91 Å². The van der Waals surface area contributed by atoms with E-state index < -0.39 is 0 Å². The number of likely N-dealkylation sites (N-methyl/N-ethyl adjacent to an activating group) is 1. The average Bonchev–Trinajstić information content (AvgIpc) is 2.64. The Kier molecular flexibility index (Phi) is 6.34. The third-order valence-electron chi connectivity index (χ3n) is 3.54. The zero-order chi connectivity index (χ0) is 19.1. The van der Waals surface area contributed by atoms with Crippen LogP contribution in [0.4, 0.5) is 4.39 Å². The standard InChI is InChI=1S/C20H19FN2O3/c1-23(2)20(24)16(12-22)9-14-7-8-18(19(11-14)25-3)26-13-15-5-4-6-17(21)10-15/h4-11H,13H2,1-3H3/b16-9-. The number of rotatable bonds is 6. The Hall–Kier alpha value is -3.33. The van der Waals surface area contributed by atoms with Crippen LogP contribution < -0.4 is 9.47 Å². The maximum absolute atomic E-state index is 13.2. The molecule has 0 aliphatic carbocycles. The molecule has 0 radical (unpaired) electrons. The van der Waals surface area contributed by atoms with Crippen molar-refractivity contribution < 1.29 is 18.7 Å². The molecule has 6 heteroatoms. The second-order valence-electron chi connectivity index (χ2n) is 5.70. The van der Waals surface area contributed by atoms with E-state index in [1.54, 1.807) is 44.4 Å². The molecule has 0 aromatic heterocycles. The van der Waals surface area contributed by atoms with E-state index in [-0.39, 0.29) is 23.9 Å². The van der Waals surface area contributed by atoms with Gasteiger partial charge in [0.2, 0.25) is 0 Å². The number of nitrogens with zero attached hydrogens (tertiary/aromatic N) is 2. The second-order valence-corrected chi connectivity index (χ2v) is 5.70. The number of hydrogen-bond acceptors (Lipinski definition) is 4. The van der Waals surface area contributed by atoms with E-state index in [2.05, 4.69) is 0 Å². The van der Waals surface area contributed by atoms with E-state index in [4.69, 9.17) is 14.7 Å². The fourth-order valence-electron chi connectivity index (χ4n) is 2.23. The Bertz CT molecular complexity index is 870. The summed E-state index contributed by atoms with van der Waals surface area (Å²) >= 11 is 0. The fraction of sp³-hybridized carbons (Fsp3) is 0.200. The zero-order valence-corrected chi connectivity index (χ0v) is 14.8. The van der Waals surface area contributed by atoms with E-state index in [0.29, 0.717) is 22.6 Å². The smallest absolute Gasteiger partial charge is 0.264 e. The molecule has 1 amide bonds. The molecule has 0 saturated heterocycles. The van der Waals surface area contributed by atoms with Crippen LogP contribution in [0.25, 0.3) is 6.08 Å². The molecule has 2 rings (SSSR count). The fourth-order valence-corrected chi connectivity index (χ4v) is 2.23. The summed E-state index contributed by atoms with van der Waals surface area (Å²) in [6.07, 6.45) is 1.49. The monoisotopic (exact) mass is 354 g/mol. The van der Waals surface area contributed by atoms with Gasteiger partial charge >= 0.3 is 0 Å². The minimum absolute atomic E-state index is 0.0190. The van der Waals surface area contributed by atoms with Crippen molar-refractivity contribution in [1.29, 1.82) is 5.26 Å². The molecule has 134 valence electrons. The number of halogens is 1. The summed E-state index contributed by atoms with van der Waals surface area (Å²) in [6.45, 7) is 0.186. The second kappa shape index (κ2) is 8.67. The Labute approximate surface area is 151 Å². The molecule has 0 aliphatic rings. The lowest BCUT2D eigenvalue weighted by Crippen LogP contribution is -2.22. The van der Waals surface area contributed by atoms with Crippen molar-refractivity contribution >= 4 is 12.0 Å². The first kappa shape index (κ1) is 19.0. The maximum Gasteiger partial charge on any atom is 0.264 e. The first-order valence-corrected chi connectivity index (χ1v) is 7.83. The van der Waals surface area contributed by atoms with Gasteiger partial charge in [0.1, 0.15) is 24.1 Å². The summed E-state index contributed by atoms with van der Waals surface area (Å²) in [5.41, 5.74) is 1.34. The van der Waals surface area contributed by atoms with Crippen molar-refractivity contribution in [2.24, 2.45) is 0 Å². The van der Waals surface area contributed by atoms with Crippen LogP contribution in [0.1, 0.15) is 11.1 Å². The molecule has 0 heterocycles. The summed E-state index contributed by atoms with van der Waals surface area (Å²) < 4.78 is 24.2. The predicted octanol–water partition coefficient (Wildman–Crippen LogP) is 3.41. The maximum atomic E-state index is 13.2. The van der Waals surface area contributed by atoms with Gasteiger partial charge in [-0.2, -0.15) is 5.26 Å². The molecule has 26 heavy (non-hydrogen) atoms. The summed E-state index contributed by atoms with van der Waals surface area (Å²) in [4.78, 5) is 13.3. The first-order chi connectivity index (χ1) is 12.4. The van der Waals surface area contributed by atoms with Crippen molar-refractivity contribution in [2.75, 3.05) is 21.2 Å². The minimum Gasteiger partial charge on any atom is -0.493 e. The highest BCUT2D eigenvalue weighted by atomic mass is 19.1. The van der Waals surface area contributed by atoms with E-state index in [1.165, 1.54) is 30.2 Å². The molecule has 0 saturated carbocycles. The summed E-state index contributed by atoms with van der Waals surface area (Å²) in [7, 11) is 4.66. The predicted molar refractivity (Wildman–Crippen MR) is 96.0 cm³/mol. The molecule has 5 nitrogen and oxygen atoms in total. The van der Waals surface area contributed by atoms with Gasteiger partial charge in [0, 0.05) is 14.1 Å². The van der Waals surface area contributed by atoms with E-state index >= 15 is 0 Å². The van der Waals surface area contributed by atoms with Crippen LogP contribution in [0, 0.1) is 17.1 Å². The van der Waals surface area contributed by atoms with Crippen molar-refractivity contribution in [1.82, 2.24) is 4.90 Å². The van der Waals surface area contributed by atoms with Gasteiger partial charge in [0.15, 0.2) is 11.5 Å². The molecule has 0 spiro atoms. The van der Waals surface area contributed by atoms with E-state index in [0.717, 1.165) is 0 Å². The normalized spacial score (nSPS) is 10.8. The number of carbonyl (C=O) groups is 1. The first-order valence-electron chi connectivity index (χ1n) is 7.83. The van der Waals surface area contributed by atoms with Gasteiger partial charge in [-0.1, -0.05) is 18.2 Å². The highest BCUT2D eigenvalue weighted by Gasteiger charge is 2.12. The molecule has 0 atom stereocenters. The highest BCUT2D eigenvalue weighted by molar-refractivity contribution is 6.01. The van der Waals surface area contributed by atoms with Crippen molar-refractivity contribution in [3.05, 3.63) is 65.0 Å². The van der Waals surface area contributed by atoms with Gasteiger partial charge in [-0.25, -0.2) is 4.39 Å². The number of ether oxygens (including phenoxy) is 2. The molecular formula is C20H19FN2O3. The lowest BCUT2D eigenvalue weighted by Gasteiger charge is -2.12. The molecule has 0 bridgehead atoms. The largest absolute Gasteiger partial charge is 0.493 e. The number of hydrogen-bond donors (Lipinski definition) is 0. The number of carbonyl (C=O) groups excluding carboxylic acids is 1. The number of nitriles is 1. The Morgan fingerprint density at radius 1 is 1.23 bits per heavy atom. The van der Waals surface area contributed by atoms with Crippen LogP contribution in [-0.2, 0) is 11.4 Å². The topological polar surface area (TPSA) is 62.6 Å². The van der Waals surface area contributed by atoms with Crippen LogP contribution in [0.5, 0.6) is 11.5 Å². The SMILES string of the molecule is COc1cc(/C=C(/C#N)C(=O)N(C)C)ccc1OCc1cccc(F)c1. The number of amides is 1. The Balaban J connectivity index is 2.21. The van der Waals surface area contributed by atoms with Crippen molar-refractivity contribution in [3.8, 4) is 17.6 Å². The van der Waals surface area contributed by atoms with E-state index in [9.17, 15) is 9.18 Å². The molecule has 0 unspecified atom stereocenters. The van der Waals surface area contributed by atoms with Gasteiger partial charge in [0.05, 0.1) is 7.11 Å². The molecule has 0 aliphatic heterocycles. The lowest BCUT2D eigenvalue weighted by atomic mass is 10.1. The van der Waals surface area contributed by atoms with Crippen LogP contribution in [0.2, 0.25) is 0 Å². The third kappa shape index (κ3) is 4.84. The van der Waals surface area contributed by atoms with Gasteiger partial charge < -0.3 is 14.4 Å².